The van der Waals surface area contributed by atoms with Gasteiger partial charge >= 0.3 is 0 Å². The van der Waals surface area contributed by atoms with Crippen molar-refractivity contribution in [3.8, 4) is 0 Å². The van der Waals surface area contributed by atoms with E-state index in [0.717, 1.165) is 23.9 Å². The van der Waals surface area contributed by atoms with Gasteiger partial charge in [0.15, 0.2) is 0 Å². The molecule has 2 rings (SSSR count). The summed E-state index contributed by atoms with van der Waals surface area (Å²) in [6.45, 7) is 7.35. The van der Waals surface area contributed by atoms with Gasteiger partial charge in [-0.1, -0.05) is 40.5 Å². The Bertz CT molecular complexity index is 604. The average molecular weight is 350 g/mol. The van der Waals surface area contributed by atoms with Crippen molar-refractivity contribution in [2.75, 3.05) is 7.05 Å². The molecule has 21 heavy (non-hydrogen) atoms. The maximum atomic E-state index is 4.65. The molecule has 114 valence electrons. The van der Waals surface area contributed by atoms with Crippen LogP contribution in [-0.4, -0.2) is 16.8 Å². The number of benzene rings is 1. The Labute approximate surface area is 135 Å². The Kier molecular flexibility index (Phi) is 5.59. The molecule has 0 fully saturated rings. The van der Waals surface area contributed by atoms with Crippen LogP contribution in [0.2, 0.25) is 0 Å². The van der Waals surface area contributed by atoms with Gasteiger partial charge in [0.1, 0.15) is 0 Å². The second-order valence-corrected chi connectivity index (χ2v) is 6.22. The molecule has 0 amide bonds. The highest BCUT2D eigenvalue weighted by atomic mass is 79.9. The van der Waals surface area contributed by atoms with E-state index in [1.807, 2.05) is 7.05 Å². The maximum Gasteiger partial charge on any atom is 0.0624 e. The third-order valence-electron chi connectivity index (χ3n) is 3.86. The topological polar surface area (TPSA) is 29.9 Å². The third-order valence-corrected chi connectivity index (χ3v) is 4.59. The molecule has 0 aliphatic carbocycles. The molecule has 1 heterocycles. The van der Waals surface area contributed by atoms with E-state index in [0.29, 0.717) is 0 Å². The second kappa shape index (κ2) is 7.23. The first-order chi connectivity index (χ1) is 10.1. The van der Waals surface area contributed by atoms with Crippen molar-refractivity contribution in [3.63, 3.8) is 0 Å². The van der Waals surface area contributed by atoms with Gasteiger partial charge in [0.05, 0.1) is 5.69 Å². The molecule has 0 saturated carbocycles. The molecule has 1 atom stereocenters. The van der Waals surface area contributed by atoms with Crippen molar-refractivity contribution in [1.29, 1.82) is 0 Å². The van der Waals surface area contributed by atoms with Crippen LogP contribution in [0.3, 0.4) is 0 Å². The molecular weight excluding hydrogens is 326 g/mol. The van der Waals surface area contributed by atoms with Crippen LogP contribution in [0.15, 0.2) is 28.7 Å². The number of likely N-dealkylation sites (N-methyl/N-ethyl adjacent to an activating group) is 1. The fourth-order valence-corrected chi connectivity index (χ4v) is 3.16. The highest BCUT2D eigenvalue weighted by Gasteiger charge is 2.16. The second-order valence-electron chi connectivity index (χ2n) is 5.37. The van der Waals surface area contributed by atoms with Crippen LogP contribution in [0, 0.1) is 6.92 Å². The number of aryl methyl sites for hydroxylation is 3. The lowest BCUT2D eigenvalue weighted by Crippen LogP contribution is -2.21. The van der Waals surface area contributed by atoms with Gasteiger partial charge in [-0.15, -0.1) is 0 Å². The third kappa shape index (κ3) is 3.74. The zero-order valence-electron chi connectivity index (χ0n) is 13.3. The minimum Gasteiger partial charge on any atom is -0.313 e. The van der Waals surface area contributed by atoms with Crippen LogP contribution in [0.1, 0.15) is 42.4 Å². The first kappa shape index (κ1) is 16.2. The summed E-state index contributed by atoms with van der Waals surface area (Å²) in [5, 5.41) is 8.09. The lowest BCUT2D eigenvalue weighted by Gasteiger charge is -2.19. The Balaban J connectivity index is 2.30. The van der Waals surface area contributed by atoms with Crippen molar-refractivity contribution in [2.24, 2.45) is 0 Å². The molecule has 0 radical (unpaired) electrons. The van der Waals surface area contributed by atoms with Crippen molar-refractivity contribution >= 4 is 15.9 Å². The first-order valence-corrected chi connectivity index (χ1v) is 8.37. The quantitative estimate of drug-likeness (QED) is 0.852. The van der Waals surface area contributed by atoms with E-state index in [9.17, 15) is 0 Å². The van der Waals surface area contributed by atoms with Gasteiger partial charge in [-0.2, -0.15) is 5.10 Å². The Morgan fingerprint density at radius 1 is 1.29 bits per heavy atom. The van der Waals surface area contributed by atoms with E-state index in [1.165, 1.54) is 22.5 Å². The number of hydrogen-bond acceptors (Lipinski definition) is 2. The zero-order chi connectivity index (χ0) is 15.4. The monoisotopic (exact) mass is 349 g/mol. The number of rotatable bonds is 6. The molecule has 1 N–H and O–H groups in total. The summed E-state index contributed by atoms with van der Waals surface area (Å²) in [6.07, 6.45) is 1.93. The van der Waals surface area contributed by atoms with Crippen LogP contribution < -0.4 is 5.32 Å². The number of hydrogen-bond donors (Lipinski definition) is 1. The van der Waals surface area contributed by atoms with E-state index in [2.05, 4.69) is 76.1 Å². The van der Waals surface area contributed by atoms with Gasteiger partial charge < -0.3 is 5.32 Å². The molecule has 0 bridgehead atoms. The van der Waals surface area contributed by atoms with Gasteiger partial charge in [0, 0.05) is 29.2 Å². The number of halogens is 1. The molecule has 1 aromatic carbocycles. The number of nitrogens with one attached hydrogen (secondary N) is 1. The number of nitrogens with zero attached hydrogens (tertiary/aromatic N) is 2. The lowest BCUT2D eigenvalue weighted by molar-refractivity contribution is 0.539. The minimum absolute atomic E-state index is 0.283. The summed E-state index contributed by atoms with van der Waals surface area (Å²) in [7, 11) is 2.02. The van der Waals surface area contributed by atoms with Crippen LogP contribution in [-0.2, 0) is 19.4 Å². The highest BCUT2D eigenvalue weighted by molar-refractivity contribution is 9.10. The zero-order valence-corrected chi connectivity index (χ0v) is 14.9. The standard InChI is InChI=1S/C17H24BrN3/c1-5-13-10-14(21(6-2)20-13)11-17(19-4)15-9-12(3)7-8-16(15)18/h7-10,17,19H,5-6,11H2,1-4H3. The molecule has 0 saturated heterocycles. The molecule has 0 aliphatic heterocycles. The average Bonchev–Trinajstić information content (AvgIpc) is 2.89. The first-order valence-electron chi connectivity index (χ1n) is 7.57. The lowest BCUT2D eigenvalue weighted by atomic mass is 10.00. The maximum absolute atomic E-state index is 4.65. The predicted molar refractivity (Wildman–Crippen MR) is 91.7 cm³/mol. The van der Waals surface area contributed by atoms with E-state index in [4.69, 9.17) is 0 Å². The minimum atomic E-state index is 0.283. The highest BCUT2D eigenvalue weighted by Crippen LogP contribution is 2.27. The molecule has 1 aromatic heterocycles. The molecule has 2 aromatic rings. The van der Waals surface area contributed by atoms with Crippen molar-refractivity contribution in [2.45, 2.75) is 46.2 Å². The van der Waals surface area contributed by atoms with Gasteiger partial charge in [-0.25, -0.2) is 0 Å². The van der Waals surface area contributed by atoms with Crippen molar-refractivity contribution in [1.82, 2.24) is 15.1 Å². The van der Waals surface area contributed by atoms with Crippen LogP contribution in [0.5, 0.6) is 0 Å². The summed E-state index contributed by atoms with van der Waals surface area (Å²) >= 11 is 3.68. The Morgan fingerprint density at radius 3 is 2.67 bits per heavy atom. The van der Waals surface area contributed by atoms with E-state index >= 15 is 0 Å². The van der Waals surface area contributed by atoms with Gasteiger partial charge in [-0.05, 0) is 45.0 Å². The van der Waals surface area contributed by atoms with Crippen molar-refractivity contribution in [3.05, 3.63) is 51.3 Å². The van der Waals surface area contributed by atoms with Crippen LogP contribution in [0.25, 0.3) is 0 Å². The molecule has 0 aliphatic rings. The Hall–Kier alpha value is -1.13. The molecule has 0 spiro atoms. The van der Waals surface area contributed by atoms with E-state index in [-0.39, 0.29) is 6.04 Å². The van der Waals surface area contributed by atoms with Gasteiger partial charge in [0.2, 0.25) is 0 Å². The van der Waals surface area contributed by atoms with E-state index in [1.54, 1.807) is 0 Å². The fraction of sp³-hybridized carbons (Fsp3) is 0.471. The Morgan fingerprint density at radius 2 is 2.05 bits per heavy atom. The number of aromatic nitrogens is 2. The summed E-state index contributed by atoms with van der Waals surface area (Å²) in [6, 6.07) is 9.02. The fourth-order valence-electron chi connectivity index (χ4n) is 2.63. The molecule has 3 nitrogen and oxygen atoms in total. The van der Waals surface area contributed by atoms with E-state index < -0.39 is 0 Å². The van der Waals surface area contributed by atoms with Gasteiger partial charge in [0.25, 0.3) is 0 Å². The SMILES string of the molecule is CCc1cc(CC(NC)c2cc(C)ccc2Br)n(CC)n1. The summed E-state index contributed by atoms with van der Waals surface area (Å²) in [5.41, 5.74) is 5.05. The van der Waals surface area contributed by atoms with Crippen LogP contribution in [0.4, 0.5) is 0 Å². The normalized spacial score (nSPS) is 12.6. The smallest absolute Gasteiger partial charge is 0.0624 e. The summed E-state index contributed by atoms with van der Waals surface area (Å²) in [4.78, 5) is 0. The molecular formula is C17H24BrN3. The van der Waals surface area contributed by atoms with Crippen LogP contribution >= 0.6 is 15.9 Å². The van der Waals surface area contributed by atoms with Crippen molar-refractivity contribution < 1.29 is 0 Å². The largest absolute Gasteiger partial charge is 0.313 e. The molecule has 1 unspecified atom stereocenters. The predicted octanol–water partition coefficient (Wildman–Crippen LogP) is 4.04. The summed E-state index contributed by atoms with van der Waals surface area (Å²) in [5.74, 6) is 0. The van der Waals surface area contributed by atoms with Gasteiger partial charge in [-0.3, -0.25) is 4.68 Å². The molecule has 4 heteroatoms. The summed E-state index contributed by atoms with van der Waals surface area (Å²) < 4.78 is 3.28.